The Labute approximate surface area is 139 Å². The van der Waals surface area contributed by atoms with Gasteiger partial charge in [-0.1, -0.05) is 48.0 Å². The van der Waals surface area contributed by atoms with E-state index in [0.29, 0.717) is 5.02 Å². The fourth-order valence-corrected chi connectivity index (χ4v) is 2.68. The predicted molar refractivity (Wildman–Crippen MR) is 91.4 cm³/mol. The number of nitrogens with one attached hydrogen (secondary N) is 1. The van der Waals surface area contributed by atoms with Gasteiger partial charge < -0.3 is 15.0 Å². The second-order valence-corrected chi connectivity index (χ2v) is 5.81. The van der Waals surface area contributed by atoms with E-state index in [4.69, 9.17) is 11.6 Å². The van der Waals surface area contributed by atoms with Crippen molar-refractivity contribution >= 4 is 28.4 Å². The monoisotopic (exact) mass is 328 g/mol. The molecule has 23 heavy (non-hydrogen) atoms. The Kier molecular flexibility index (Phi) is 4.65. The maximum absolute atomic E-state index is 12.1. The van der Waals surface area contributed by atoms with Gasteiger partial charge in [0, 0.05) is 23.3 Å². The van der Waals surface area contributed by atoms with Crippen molar-refractivity contribution in [2.75, 3.05) is 6.54 Å². The van der Waals surface area contributed by atoms with Crippen LogP contribution in [-0.2, 0) is 11.3 Å². The Hall–Kier alpha value is -2.30. The number of fused-ring (bicyclic) bond motifs is 1. The van der Waals surface area contributed by atoms with E-state index in [1.807, 2.05) is 65.4 Å². The van der Waals surface area contributed by atoms with Crippen LogP contribution in [0.1, 0.15) is 11.7 Å². The Morgan fingerprint density at radius 2 is 1.96 bits per heavy atom. The molecule has 3 rings (SSSR count). The van der Waals surface area contributed by atoms with Gasteiger partial charge in [-0.05, 0) is 29.1 Å². The van der Waals surface area contributed by atoms with Crippen LogP contribution in [0, 0.1) is 0 Å². The summed E-state index contributed by atoms with van der Waals surface area (Å²) in [6.07, 6.45) is 1.14. The molecule has 0 radical (unpaired) electrons. The first-order chi connectivity index (χ1) is 11.1. The lowest BCUT2D eigenvalue weighted by Gasteiger charge is -2.13. The molecule has 1 atom stereocenters. The topological polar surface area (TPSA) is 54.3 Å². The lowest BCUT2D eigenvalue weighted by molar-refractivity contribution is -0.122. The predicted octanol–water partition coefficient (Wildman–Crippen LogP) is 3.14. The van der Waals surface area contributed by atoms with Crippen LogP contribution >= 0.6 is 11.6 Å². The molecular formula is C18H17ClN2O2. The molecule has 0 spiro atoms. The molecule has 1 heterocycles. The number of halogens is 1. The Morgan fingerprint density at radius 1 is 1.17 bits per heavy atom. The molecule has 1 aromatic heterocycles. The molecule has 0 aliphatic heterocycles. The van der Waals surface area contributed by atoms with Gasteiger partial charge in [-0.25, -0.2) is 0 Å². The third kappa shape index (κ3) is 3.73. The average Bonchev–Trinajstić information content (AvgIpc) is 2.95. The molecule has 5 heteroatoms. The minimum absolute atomic E-state index is 0.155. The van der Waals surface area contributed by atoms with Gasteiger partial charge in [0.25, 0.3) is 0 Å². The smallest absolute Gasteiger partial charge is 0.240 e. The van der Waals surface area contributed by atoms with E-state index in [0.717, 1.165) is 16.5 Å². The summed E-state index contributed by atoms with van der Waals surface area (Å²) in [5.74, 6) is -0.155. The van der Waals surface area contributed by atoms with Crippen molar-refractivity contribution in [1.29, 1.82) is 0 Å². The van der Waals surface area contributed by atoms with Gasteiger partial charge in [0.2, 0.25) is 5.91 Å². The van der Waals surface area contributed by atoms with Crippen molar-refractivity contribution in [2.24, 2.45) is 0 Å². The maximum atomic E-state index is 12.1. The fourth-order valence-electron chi connectivity index (χ4n) is 2.51. The van der Waals surface area contributed by atoms with Crippen molar-refractivity contribution in [2.45, 2.75) is 12.6 Å². The Morgan fingerprint density at radius 3 is 2.74 bits per heavy atom. The number of amides is 1. The van der Waals surface area contributed by atoms with E-state index in [9.17, 15) is 9.90 Å². The molecule has 2 aromatic carbocycles. The number of carbonyl (C=O) groups is 1. The van der Waals surface area contributed by atoms with Crippen molar-refractivity contribution in [3.63, 3.8) is 0 Å². The molecule has 0 unspecified atom stereocenters. The summed E-state index contributed by atoms with van der Waals surface area (Å²) < 4.78 is 1.84. The molecule has 2 N–H and O–H groups in total. The second-order valence-electron chi connectivity index (χ2n) is 5.38. The van der Waals surface area contributed by atoms with Gasteiger partial charge >= 0.3 is 0 Å². The number of hydrogen-bond acceptors (Lipinski definition) is 2. The minimum Gasteiger partial charge on any atom is -0.387 e. The first-order valence-corrected chi connectivity index (χ1v) is 7.75. The molecule has 0 aliphatic rings. The summed E-state index contributed by atoms with van der Waals surface area (Å²) in [5, 5.41) is 14.5. The number of aliphatic hydroxyl groups is 1. The molecule has 0 fully saturated rings. The van der Waals surface area contributed by atoms with Gasteiger partial charge in [-0.3, -0.25) is 4.79 Å². The first-order valence-electron chi connectivity index (χ1n) is 7.37. The van der Waals surface area contributed by atoms with E-state index < -0.39 is 6.10 Å². The standard InChI is InChI=1S/C18H17ClN2O2/c19-15-7-6-13-8-9-21(16(13)10-15)12-18(23)20-11-17(22)14-4-2-1-3-5-14/h1-10,17,22H,11-12H2,(H,20,23)/t17-/m1/s1. The van der Waals surface area contributed by atoms with Gasteiger partial charge in [0.1, 0.15) is 6.54 Å². The van der Waals surface area contributed by atoms with Crippen molar-refractivity contribution in [1.82, 2.24) is 9.88 Å². The molecule has 0 saturated heterocycles. The molecular weight excluding hydrogens is 312 g/mol. The molecule has 1 amide bonds. The number of aromatic nitrogens is 1. The number of carbonyl (C=O) groups excluding carboxylic acids is 1. The van der Waals surface area contributed by atoms with Crippen LogP contribution in [0.3, 0.4) is 0 Å². The van der Waals surface area contributed by atoms with Gasteiger partial charge in [0.05, 0.1) is 6.10 Å². The summed E-state index contributed by atoms with van der Waals surface area (Å²) >= 11 is 6.01. The molecule has 3 aromatic rings. The fraction of sp³-hybridized carbons (Fsp3) is 0.167. The summed E-state index contributed by atoms with van der Waals surface area (Å²) in [4.78, 5) is 12.1. The van der Waals surface area contributed by atoms with Crippen molar-refractivity contribution < 1.29 is 9.90 Å². The molecule has 0 bridgehead atoms. The zero-order valence-corrected chi connectivity index (χ0v) is 13.2. The van der Waals surface area contributed by atoms with Crippen molar-refractivity contribution in [3.05, 3.63) is 71.4 Å². The van der Waals surface area contributed by atoms with Crippen LogP contribution in [-0.4, -0.2) is 22.1 Å². The van der Waals surface area contributed by atoms with E-state index in [2.05, 4.69) is 5.32 Å². The quantitative estimate of drug-likeness (QED) is 0.756. The third-order valence-electron chi connectivity index (χ3n) is 3.73. The van der Waals surface area contributed by atoms with E-state index >= 15 is 0 Å². The van der Waals surface area contributed by atoms with Crippen LogP contribution in [0.15, 0.2) is 60.8 Å². The lowest BCUT2D eigenvalue weighted by atomic mass is 10.1. The van der Waals surface area contributed by atoms with Gasteiger partial charge in [0.15, 0.2) is 0 Å². The molecule has 118 valence electrons. The van der Waals surface area contributed by atoms with Crippen LogP contribution in [0.5, 0.6) is 0 Å². The molecule has 0 saturated carbocycles. The van der Waals surface area contributed by atoms with Crippen LogP contribution in [0.2, 0.25) is 5.02 Å². The largest absolute Gasteiger partial charge is 0.387 e. The highest BCUT2D eigenvalue weighted by molar-refractivity contribution is 6.31. The highest BCUT2D eigenvalue weighted by Gasteiger charge is 2.10. The van der Waals surface area contributed by atoms with Crippen LogP contribution < -0.4 is 5.32 Å². The summed E-state index contributed by atoms with van der Waals surface area (Å²) in [7, 11) is 0. The SMILES string of the molecule is O=C(Cn1ccc2ccc(Cl)cc21)NC[C@@H](O)c1ccccc1. The summed E-state index contributed by atoms with van der Waals surface area (Å²) in [6, 6.07) is 16.8. The molecule has 4 nitrogen and oxygen atoms in total. The highest BCUT2D eigenvalue weighted by atomic mass is 35.5. The number of benzene rings is 2. The number of nitrogens with zero attached hydrogens (tertiary/aromatic N) is 1. The average molecular weight is 329 g/mol. The Balaban J connectivity index is 1.62. The maximum Gasteiger partial charge on any atom is 0.240 e. The lowest BCUT2D eigenvalue weighted by Crippen LogP contribution is -2.31. The normalized spacial score (nSPS) is 12.3. The van der Waals surface area contributed by atoms with Gasteiger partial charge in [-0.2, -0.15) is 0 Å². The summed E-state index contributed by atoms with van der Waals surface area (Å²) in [5.41, 5.74) is 1.70. The third-order valence-corrected chi connectivity index (χ3v) is 3.96. The number of hydrogen-bond donors (Lipinski definition) is 2. The first kappa shape index (κ1) is 15.6. The number of aliphatic hydroxyl groups excluding tert-OH is 1. The zero-order valence-electron chi connectivity index (χ0n) is 12.4. The minimum atomic E-state index is -0.712. The Bertz CT molecular complexity index is 814. The second kappa shape index (κ2) is 6.86. The van der Waals surface area contributed by atoms with Crippen molar-refractivity contribution in [3.8, 4) is 0 Å². The van der Waals surface area contributed by atoms with Gasteiger partial charge in [-0.15, -0.1) is 0 Å². The summed E-state index contributed by atoms with van der Waals surface area (Å²) in [6.45, 7) is 0.369. The zero-order chi connectivity index (χ0) is 16.2. The van der Waals surface area contributed by atoms with E-state index in [1.165, 1.54) is 0 Å². The van der Waals surface area contributed by atoms with Crippen LogP contribution in [0.4, 0.5) is 0 Å². The van der Waals surface area contributed by atoms with E-state index in [1.54, 1.807) is 0 Å². The van der Waals surface area contributed by atoms with Crippen LogP contribution in [0.25, 0.3) is 10.9 Å². The molecule has 0 aliphatic carbocycles. The highest BCUT2D eigenvalue weighted by Crippen LogP contribution is 2.20. The van der Waals surface area contributed by atoms with E-state index in [-0.39, 0.29) is 19.0 Å². The number of rotatable bonds is 5.